The molecule has 3 heterocycles. The van der Waals surface area contributed by atoms with Crippen LogP contribution in [0.3, 0.4) is 0 Å². The molecule has 4 nitrogen and oxygen atoms in total. The van der Waals surface area contributed by atoms with E-state index in [1.165, 1.54) is 5.82 Å². The third-order valence-electron chi connectivity index (χ3n) is 3.28. The van der Waals surface area contributed by atoms with Gasteiger partial charge in [0.1, 0.15) is 11.5 Å². The highest BCUT2D eigenvalue weighted by Gasteiger charge is 2.17. The third-order valence-corrected chi connectivity index (χ3v) is 3.28. The zero-order valence-electron chi connectivity index (χ0n) is 10.3. The SMILES string of the molecule is Cc1cn2c(N3CCNC(C)C3)cccc2n1. The topological polar surface area (TPSA) is 32.6 Å². The van der Waals surface area contributed by atoms with Crippen LogP contribution >= 0.6 is 0 Å². The molecular weight excluding hydrogens is 212 g/mol. The van der Waals surface area contributed by atoms with Gasteiger partial charge in [-0.2, -0.15) is 0 Å². The summed E-state index contributed by atoms with van der Waals surface area (Å²) in [6, 6.07) is 6.86. The molecule has 1 fully saturated rings. The summed E-state index contributed by atoms with van der Waals surface area (Å²) in [6.07, 6.45) is 2.11. The molecular formula is C13H18N4. The summed E-state index contributed by atoms with van der Waals surface area (Å²) in [4.78, 5) is 6.93. The third kappa shape index (κ3) is 1.89. The number of piperazine rings is 1. The van der Waals surface area contributed by atoms with Gasteiger partial charge in [0.05, 0.1) is 5.69 Å². The molecule has 1 N–H and O–H groups in total. The fourth-order valence-electron chi connectivity index (χ4n) is 2.52. The van der Waals surface area contributed by atoms with Crippen LogP contribution in [0.4, 0.5) is 5.82 Å². The smallest absolute Gasteiger partial charge is 0.138 e. The molecule has 0 radical (unpaired) electrons. The van der Waals surface area contributed by atoms with Crippen LogP contribution in [0.1, 0.15) is 12.6 Å². The van der Waals surface area contributed by atoms with Gasteiger partial charge in [0.25, 0.3) is 0 Å². The molecule has 3 rings (SSSR count). The standard InChI is InChI=1S/C13H18N4/c1-10-8-16(7-6-14-10)13-5-3-4-12-15-11(2)9-17(12)13/h3-5,9-10,14H,6-8H2,1-2H3. The van der Waals surface area contributed by atoms with Gasteiger partial charge in [0, 0.05) is 31.9 Å². The van der Waals surface area contributed by atoms with E-state index in [0.29, 0.717) is 6.04 Å². The Morgan fingerprint density at radius 2 is 2.29 bits per heavy atom. The van der Waals surface area contributed by atoms with Gasteiger partial charge in [-0.15, -0.1) is 0 Å². The molecule has 17 heavy (non-hydrogen) atoms. The molecule has 2 aromatic heterocycles. The molecule has 2 aromatic rings. The van der Waals surface area contributed by atoms with Crippen LogP contribution in [-0.4, -0.2) is 35.1 Å². The lowest BCUT2D eigenvalue weighted by atomic mass is 10.2. The summed E-state index contributed by atoms with van der Waals surface area (Å²) >= 11 is 0. The Bertz CT molecular complexity index is 531. The maximum absolute atomic E-state index is 4.51. The van der Waals surface area contributed by atoms with Crippen LogP contribution in [0, 0.1) is 6.92 Å². The Hall–Kier alpha value is -1.55. The first kappa shape index (κ1) is 10.6. The minimum atomic E-state index is 0.545. The monoisotopic (exact) mass is 230 g/mol. The molecule has 0 bridgehead atoms. The van der Waals surface area contributed by atoms with E-state index in [0.717, 1.165) is 31.0 Å². The fraction of sp³-hybridized carbons (Fsp3) is 0.462. The quantitative estimate of drug-likeness (QED) is 0.804. The predicted molar refractivity (Wildman–Crippen MR) is 69.6 cm³/mol. The van der Waals surface area contributed by atoms with Gasteiger partial charge in [-0.1, -0.05) is 6.07 Å². The van der Waals surface area contributed by atoms with E-state index < -0.39 is 0 Å². The van der Waals surface area contributed by atoms with E-state index in [-0.39, 0.29) is 0 Å². The van der Waals surface area contributed by atoms with Gasteiger partial charge < -0.3 is 10.2 Å². The molecule has 1 saturated heterocycles. The van der Waals surface area contributed by atoms with Crippen molar-refractivity contribution in [1.29, 1.82) is 0 Å². The van der Waals surface area contributed by atoms with Crippen LogP contribution in [-0.2, 0) is 0 Å². The summed E-state index contributed by atoms with van der Waals surface area (Å²) < 4.78 is 2.19. The Labute approximate surface area is 101 Å². The Balaban J connectivity index is 2.04. The molecule has 90 valence electrons. The van der Waals surface area contributed by atoms with Crippen LogP contribution in [0.15, 0.2) is 24.4 Å². The zero-order chi connectivity index (χ0) is 11.8. The number of anilines is 1. The minimum absolute atomic E-state index is 0.545. The van der Waals surface area contributed by atoms with E-state index in [9.17, 15) is 0 Å². The van der Waals surface area contributed by atoms with Crippen molar-refractivity contribution in [3.63, 3.8) is 0 Å². The van der Waals surface area contributed by atoms with Crippen LogP contribution < -0.4 is 10.2 Å². The number of pyridine rings is 1. The molecule has 0 amide bonds. The number of imidazole rings is 1. The second-order valence-corrected chi connectivity index (χ2v) is 4.80. The molecule has 0 saturated carbocycles. The van der Waals surface area contributed by atoms with Crippen molar-refractivity contribution in [2.45, 2.75) is 19.9 Å². The number of nitrogens with one attached hydrogen (secondary N) is 1. The Morgan fingerprint density at radius 1 is 1.41 bits per heavy atom. The highest BCUT2D eigenvalue weighted by atomic mass is 15.3. The van der Waals surface area contributed by atoms with Crippen molar-refractivity contribution in [1.82, 2.24) is 14.7 Å². The van der Waals surface area contributed by atoms with Gasteiger partial charge in [0.15, 0.2) is 0 Å². The van der Waals surface area contributed by atoms with Crippen molar-refractivity contribution in [2.75, 3.05) is 24.5 Å². The summed E-state index contributed by atoms with van der Waals surface area (Å²) in [5.74, 6) is 1.25. The van der Waals surface area contributed by atoms with Gasteiger partial charge in [0.2, 0.25) is 0 Å². The summed E-state index contributed by atoms with van der Waals surface area (Å²) in [5, 5.41) is 3.47. The Morgan fingerprint density at radius 3 is 3.12 bits per heavy atom. The van der Waals surface area contributed by atoms with Crippen LogP contribution in [0.25, 0.3) is 5.65 Å². The van der Waals surface area contributed by atoms with Crippen LogP contribution in [0.2, 0.25) is 0 Å². The van der Waals surface area contributed by atoms with Gasteiger partial charge in [-0.05, 0) is 26.0 Å². The maximum atomic E-state index is 4.51. The predicted octanol–water partition coefficient (Wildman–Crippen LogP) is 1.44. The molecule has 1 aliphatic heterocycles. The molecule has 1 atom stereocenters. The van der Waals surface area contributed by atoms with Gasteiger partial charge >= 0.3 is 0 Å². The van der Waals surface area contributed by atoms with Crippen molar-refractivity contribution in [2.24, 2.45) is 0 Å². The van der Waals surface area contributed by atoms with Crippen molar-refractivity contribution in [3.8, 4) is 0 Å². The first-order valence-corrected chi connectivity index (χ1v) is 6.17. The average Bonchev–Trinajstić information content (AvgIpc) is 2.68. The highest BCUT2D eigenvalue weighted by molar-refractivity contribution is 5.52. The van der Waals surface area contributed by atoms with Crippen LogP contribution in [0.5, 0.6) is 0 Å². The number of hydrogen-bond acceptors (Lipinski definition) is 3. The summed E-state index contributed by atoms with van der Waals surface area (Å²) in [6.45, 7) is 7.42. The Kier molecular flexibility index (Phi) is 2.52. The normalized spacial score (nSPS) is 21.1. The number of aryl methyl sites for hydroxylation is 1. The molecule has 0 spiro atoms. The molecule has 0 aliphatic carbocycles. The lowest BCUT2D eigenvalue weighted by Crippen LogP contribution is -2.49. The maximum Gasteiger partial charge on any atom is 0.138 e. The molecule has 1 unspecified atom stereocenters. The van der Waals surface area contributed by atoms with Gasteiger partial charge in [-0.3, -0.25) is 4.40 Å². The van der Waals surface area contributed by atoms with E-state index in [2.05, 4.69) is 50.9 Å². The molecule has 4 heteroatoms. The number of nitrogens with zero attached hydrogens (tertiary/aromatic N) is 3. The number of hydrogen-bond donors (Lipinski definition) is 1. The largest absolute Gasteiger partial charge is 0.355 e. The van der Waals surface area contributed by atoms with Crippen molar-refractivity contribution in [3.05, 3.63) is 30.1 Å². The average molecular weight is 230 g/mol. The molecule has 1 aliphatic rings. The number of aromatic nitrogens is 2. The van der Waals surface area contributed by atoms with E-state index in [1.54, 1.807) is 0 Å². The summed E-state index contributed by atoms with van der Waals surface area (Å²) in [7, 11) is 0. The van der Waals surface area contributed by atoms with Gasteiger partial charge in [-0.25, -0.2) is 4.98 Å². The molecule has 0 aromatic carbocycles. The van der Waals surface area contributed by atoms with E-state index in [1.807, 2.05) is 6.92 Å². The first-order chi connectivity index (χ1) is 8.24. The minimum Gasteiger partial charge on any atom is -0.355 e. The van der Waals surface area contributed by atoms with E-state index >= 15 is 0 Å². The van der Waals surface area contributed by atoms with Crippen molar-refractivity contribution >= 4 is 11.5 Å². The number of rotatable bonds is 1. The fourth-order valence-corrected chi connectivity index (χ4v) is 2.52. The lowest BCUT2D eigenvalue weighted by Gasteiger charge is -2.33. The second-order valence-electron chi connectivity index (χ2n) is 4.80. The number of fused-ring (bicyclic) bond motifs is 1. The summed E-state index contributed by atoms with van der Waals surface area (Å²) in [5.41, 5.74) is 2.10. The highest BCUT2D eigenvalue weighted by Crippen LogP contribution is 2.18. The first-order valence-electron chi connectivity index (χ1n) is 6.17. The lowest BCUT2D eigenvalue weighted by molar-refractivity contribution is 0.481. The van der Waals surface area contributed by atoms with E-state index in [4.69, 9.17) is 0 Å². The second kappa shape index (κ2) is 4.04. The van der Waals surface area contributed by atoms with Crippen molar-refractivity contribution < 1.29 is 0 Å². The zero-order valence-corrected chi connectivity index (χ0v) is 10.3.